The summed E-state index contributed by atoms with van der Waals surface area (Å²) in [4.78, 5) is 0. The van der Waals surface area contributed by atoms with Crippen molar-refractivity contribution in [1.29, 1.82) is 0 Å². The maximum Gasteiger partial charge on any atom is 0.165 e. The van der Waals surface area contributed by atoms with Crippen LogP contribution in [0.1, 0.15) is 25.3 Å². The summed E-state index contributed by atoms with van der Waals surface area (Å²) in [7, 11) is 0. The zero-order valence-electron chi connectivity index (χ0n) is 8.29. The van der Waals surface area contributed by atoms with E-state index in [0.29, 0.717) is 5.56 Å². The van der Waals surface area contributed by atoms with E-state index in [1.807, 2.05) is 13.8 Å². The minimum absolute atomic E-state index is 0.00944. The van der Waals surface area contributed by atoms with Crippen molar-refractivity contribution in [3.05, 3.63) is 29.6 Å². The number of benzene rings is 1. The molecule has 2 atom stereocenters. The van der Waals surface area contributed by atoms with Crippen LogP contribution < -0.4 is 5.73 Å². The van der Waals surface area contributed by atoms with Crippen LogP contribution in [-0.4, -0.2) is 11.1 Å². The molecular weight excluding hydrogens is 181 g/mol. The first-order valence-electron chi connectivity index (χ1n) is 4.69. The fourth-order valence-electron chi connectivity index (χ4n) is 2.05. The fourth-order valence-corrected chi connectivity index (χ4v) is 2.05. The Hall–Kier alpha value is -1.09. The van der Waals surface area contributed by atoms with Crippen LogP contribution in [0.3, 0.4) is 0 Å². The third kappa shape index (κ3) is 1.12. The van der Waals surface area contributed by atoms with Gasteiger partial charge in [0, 0.05) is 17.5 Å². The molecule has 0 heterocycles. The molecule has 1 aliphatic rings. The third-order valence-electron chi connectivity index (χ3n) is 3.26. The van der Waals surface area contributed by atoms with Crippen molar-refractivity contribution in [2.45, 2.75) is 25.8 Å². The molecule has 0 unspecified atom stereocenters. The number of aromatic hydroxyl groups is 1. The van der Waals surface area contributed by atoms with Gasteiger partial charge in [-0.2, -0.15) is 0 Å². The van der Waals surface area contributed by atoms with Crippen LogP contribution in [0, 0.1) is 11.2 Å². The summed E-state index contributed by atoms with van der Waals surface area (Å²) in [6.45, 7) is 4.04. The lowest BCUT2D eigenvalue weighted by atomic mass is 10.0. The lowest BCUT2D eigenvalue weighted by Gasteiger charge is -2.05. The van der Waals surface area contributed by atoms with E-state index >= 15 is 0 Å². The Morgan fingerprint density at radius 1 is 1.43 bits per heavy atom. The van der Waals surface area contributed by atoms with Crippen LogP contribution in [-0.2, 0) is 0 Å². The highest BCUT2D eigenvalue weighted by Crippen LogP contribution is 2.59. The minimum Gasteiger partial charge on any atom is -0.505 e. The van der Waals surface area contributed by atoms with Crippen LogP contribution in [0.5, 0.6) is 5.75 Å². The van der Waals surface area contributed by atoms with E-state index in [1.165, 1.54) is 6.07 Å². The molecule has 1 saturated carbocycles. The van der Waals surface area contributed by atoms with Gasteiger partial charge >= 0.3 is 0 Å². The molecule has 0 saturated heterocycles. The molecule has 2 nitrogen and oxygen atoms in total. The highest BCUT2D eigenvalue weighted by molar-refractivity contribution is 5.43. The number of para-hydroxylation sites is 1. The first-order chi connectivity index (χ1) is 6.46. The van der Waals surface area contributed by atoms with E-state index in [9.17, 15) is 9.50 Å². The summed E-state index contributed by atoms with van der Waals surface area (Å²) < 4.78 is 13.1. The van der Waals surface area contributed by atoms with Gasteiger partial charge in [0.05, 0.1) is 0 Å². The largest absolute Gasteiger partial charge is 0.505 e. The van der Waals surface area contributed by atoms with Crippen LogP contribution >= 0.6 is 0 Å². The number of phenolic OH excluding ortho intramolecular Hbond substituents is 1. The van der Waals surface area contributed by atoms with Gasteiger partial charge in [-0.1, -0.05) is 26.0 Å². The van der Waals surface area contributed by atoms with Gasteiger partial charge in [0.1, 0.15) is 0 Å². The maximum atomic E-state index is 13.1. The molecular formula is C11H14FNO. The average Bonchev–Trinajstić information content (AvgIpc) is 2.59. The molecule has 0 bridgehead atoms. The van der Waals surface area contributed by atoms with Crippen LogP contribution in [0.2, 0.25) is 0 Å². The van der Waals surface area contributed by atoms with Crippen LogP contribution in [0.15, 0.2) is 18.2 Å². The van der Waals surface area contributed by atoms with Crippen LogP contribution in [0.25, 0.3) is 0 Å². The molecule has 3 N–H and O–H groups in total. The number of rotatable bonds is 1. The highest BCUT2D eigenvalue weighted by Gasteiger charge is 2.57. The Morgan fingerprint density at radius 2 is 2.00 bits per heavy atom. The molecule has 14 heavy (non-hydrogen) atoms. The van der Waals surface area contributed by atoms with Gasteiger partial charge in [-0.25, -0.2) is 4.39 Å². The Bertz CT molecular complexity index is 376. The second-order valence-corrected chi connectivity index (χ2v) is 4.50. The van der Waals surface area contributed by atoms with Gasteiger partial charge in [-0.05, 0) is 11.5 Å². The van der Waals surface area contributed by atoms with Crippen molar-refractivity contribution in [2.75, 3.05) is 0 Å². The van der Waals surface area contributed by atoms with Crippen molar-refractivity contribution in [3.63, 3.8) is 0 Å². The summed E-state index contributed by atoms with van der Waals surface area (Å²) in [5.74, 6) is -0.755. The van der Waals surface area contributed by atoms with E-state index in [0.717, 1.165) is 0 Å². The molecule has 0 radical (unpaired) electrons. The molecule has 2 rings (SSSR count). The zero-order chi connectivity index (χ0) is 10.5. The molecule has 1 fully saturated rings. The first kappa shape index (κ1) is 9.46. The molecule has 1 aliphatic carbocycles. The maximum absolute atomic E-state index is 13.1. The van der Waals surface area contributed by atoms with Gasteiger partial charge in [-0.3, -0.25) is 0 Å². The van der Waals surface area contributed by atoms with Gasteiger partial charge in [-0.15, -0.1) is 0 Å². The molecule has 0 spiro atoms. The van der Waals surface area contributed by atoms with Crippen molar-refractivity contribution in [2.24, 2.45) is 11.1 Å². The number of phenols is 1. The monoisotopic (exact) mass is 195 g/mol. The Balaban J connectivity index is 2.40. The molecule has 76 valence electrons. The third-order valence-corrected chi connectivity index (χ3v) is 3.26. The molecule has 1 aromatic rings. The first-order valence-corrected chi connectivity index (χ1v) is 4.69. The van der Waals surface area contributed by atoms with E-state index < -0.39 is 5.82 Å². The van der Waals surface area contributed by atoms with Crippen molar-refractivity contribution >= 4 is 0 Å². The number of nitrogens with two attached hydrogens (primary N) is 1. The highest BCUT2D eigenvalue weighted by atomic mass is 19.1. The molecule has 1 aromatic carbocycles. The lowest BCUT2D eigenvalue weighted by Crippen LogP contribution is -2.06. The van der Waals surface area contributed by atoms with Crippen molar-refractivity contribution < 1.29 is 9.50 Å². The SMILES string of the molecule is CC1(C)[C@H](N)[C@H]1c1cccc(F)c1O. The van der Waals surface area contributed by atoms with Crippen molar-refractivity contribution in [1.82, 2.24) is 0 Å². The standard InChI is InChI=1S/C11H14FNO/c1-11(2)8(10(11)13)6-4-3-5-7(12)9(6)14/h3-5,8,10,14H,13H2,1-2H3/t8-,10-/m1/s1. The molecule has 0 amide bonds. The zero-order valence-corrected chi connectivity index (χ0v) is 8.29. The van der Waals surface area contributed by atoms with Crippen LogP contribution in [0.4, 0.5) is 4.39 Å². The smallest absolute Gasteiger partial charge is 0.165 e. The summed E-state index contributed by atoms with van der Waals surface area (Å²) in [6.07, 6.45) is 0. The normalized spacial score (nSPS) is 28.9. The number of hydrogen-bond donors (Lipinski definition) is 2. The second kappa shape index (κ2) is 2.70. The molecule has 0 aliphatic heterocycles. The Labute approximate surface area is 82.5 Å². The van der Waals surface area contributed by atoms with Gasteiger partial charge in [0.2, 0.25) is 0 Å². The number of hydrogen-bond acceptors (Lipinski definition) is 2. The van der Waals surface area contributed by atoms with E-state index in [4.69, 9.17) is 5.73 Å². The number of halogens is 1. The summed E-state index contributed by atoms with van der Waals surface area (Å²) in [6, 6.07) is 4.60. The predicted molar refractivity (Wildman–Crippen MR) is 52.6 cm³/mol. The molecule has 3 heteroatoms. The lowest BCUT2D eigenvalue weighted by molar-refractivity contribution is 0.423. The average molecular weight is 195 g/mol. The second-order valence-electron chi connectivity index (χ2n) is 4.50. The fraction of sp³-hybridized carbons (Fsp3) is 0.455. The van der Waals surface area contributed by atoms with E-state index in [1.54, 1.807) is 12.1 Å². The predicted octanol–water partition coefficient (Wildman–Crippen LogP) is 1.98. The Kier molecular flexibility index (Phi) is 1.83. The Morgan fingerprint density at radius 3 is 2.50 bits per heavy atom. The van der Waals surface area contributed by atoms with Crippen molar-refractivity contribution in [3.8, 4) is 5.75 Å². The van der Waals surface area contributed by atoms with Gasteiger partial charge in [0.15, 0.2) is 11.6 Å². The quantitative estimate of drug-likeness (QED) is 0.719. The minimum atomic E-state index is -0.572. The topological polar surface area (TPSA) is 46.2 Å². The summed E-state index contributed by atoms with van der Waals surface area (Å²) in [5, 5.41) is 9.53. The summed E-state index contributed by atoms with van der Waals surface area (Å²) in [5.41, 5.74) is 6.45. The van der Waals surface area contributed by atoms with E-state index in [-0.39, 0.29) is 23.1 Å². The van der Waals surface area contributed by atoms with Gasteiger partial charge in [0.25, 0.3) is 0 Å². The molecule has 0 aromatic heterocycles. The summed E-state index contributed by atoms with van der Waals surface area (Å²) >= 11 is 0. The van der Waals surface area contributed by atoms with Gasteiger partial charge < -0.3 is 10.8 Å². The van der Waals surface area contributed by atoms with E-state index in [2.05, 4.69) is 0 Å².